The number of likely N-dealkylation sites (N-methyl/N-ethyl adjacent to an activating group) is 1. The third kappa shape index (κ3) is 7.82. The van der Waals surface area contributed by atoms with Crippen LogP contribution in [0.25, 0.3) is 0 Å². The highest BCUT2D eigenvalue weighted by atomic mass is 16.2. The number of unbranched alkanes of at least 4 members (excludes halogenated alkanes) is 2. The summed E-state index contributed by atoms with van der Waals surface area (Å²) >= 11 is 0. The molecule has 0 unspecified atom stereocenters. The molecule has 0 rings (SSSR count). The highest BCUT2D eigenvalue weighted by Crippen LogP contribution is 2.09. The van der Waals surface area contributed by atoms with Gasteiger partial charge in [-0.25, -0.2) is 0 Å². The highest BCUT2D eigenvalue weighted by molar-refractivity contribution is 5.87. The van der Waals surface area contributed by atoms with Crippen LogP contribution in [0.1, 0.15) is 46.0 Å². The van der Waals surface area contributed by atoms with E-state index in [1.54, 1.807) is 7.05 Å². The molecule has 2 atom stereocenters. The Bertz CT molecular complexity index is 269. The number of carbonyl (C=O) groups excluding carboxylic acids is 2. The average Bonchev–Trinajstić information content (AvgIpc) is 2.42. The first-order valence-electron chi connectivity index (χ1n) is 7.22. The first-order valence-corrected chi connectivity index (χ1v) is 7.22. The van der Waals surface area contributed by atoms with Crippen LogP contribution >= 0.6 is 0 Å². The lowest BCUT2D eigenvalue weighted by Gasteiger charge is -2.22. The number of hydrogen-bond acceptors (Lipinski definition) is 3. The lowest BCUT2D eigenvalue weighted by Crippen LogP contribution is -2.49. The van der Waals surface area contributed by atoms with Crippen molar-refractivity contribution in [3.63, 3.8) is 0 Å². The maximum atomic E-state index is 11.8. The van der Waals surface area contributed by atoms with Gasteiger partial charge < -0.3 is 16.0 Å². The molecule has 0 aliphatic heterocycles. The number of amides is 2. The molecule has 0 saturated carbocycles. The molecule has 0 aliphatic carbocycles. The summed E-state index contributed by atoms with van der Waals surface area (Å²) in [5.74, 6) is 0.00410. The zero-order valence-corrected chi connectivity index (χ0v) is 12.7. The lowest BCUT2D eigenvalue weighted by molar-refractivity contribution is -0.130. The molecule has 0 aliphatic rings. The Balaban J connectivity index is 4.06. The van der Waals surface area contributed by atoms with Gasteiger partial charge in [0, 0.05) is 13.5 Å². The standard InChI is InChI=1S/C14H29N3O2/c1-5-11(2)13(14(19)16-4)17-12(18)9-7-6-8-10-15-3/h11,13,15H,5-10H2,1-4H3,(H,16,19)(H,17,18)/t11-,13-/m0/s1. The van der Waals surface area contributed by atoms with Gasteiger partial charge in [-0.15, -0.1) is 0 Å². The topological polar surface area (TPSA) is 70.2 Å². The fourth-order valence-electron chi connectivity index (χ4n) is 1.87. The monoisotopic (exact) mass is 271 g/mol. The van der Waals surface area contributed by atoms with Crippen molar-refractivity contribution < 1.29 is 9.59 Å². The van der Waals surface area contributed by atoms with E-state index in [-0.39, 0.29) is 17.7 Å². The molecule has 5 heteroatoms. The summed E-state index contributed by atoms with van der Waals surface area (Å²) in [6.07, 6.45) is 4.33. The molecule has 19 heavy (non-hydrogen) atoms. The normalized spacial score (nSPS) is 13.7. The second-order valence-electron chi connectivity index (χ2n) is 4.96. The smallest absolute Gasteiger partial charge is 0.242 e. The molecular weight excluding hydrogens is 242 g/mol. The minimum absolute atomic E-state index is 0.0293. The molecule has 0 spiro atoms. The Labute approximate surface area is 116 Å². The summed E-state index contributed by atoms with van der Waals surface area (Å²) in [5.41, 5.74) is 0. The van der Waals surface area contributed by atoms with E-state index in [9.17, 15) is 9.59 Å². The van der Waals surface area contributed by atoms with E-state index in [0.717, 1.165) is 32.2 Å². The Morgan fingerprint density at radius 2 is 1.79 bits per heavy atom. The molecule has 0 heterocycles. The van der Waals surface area contributed by atoms with E-state index in [1.165, 1.54) is 0 Å². The highest BCUT2D eigenvalue weighted by Gasteiger charge is 2.24. The van der Waals surface area contributed by atoms with Crippen molar-refractivity contribution >= 4 is 11.8 Å². The molecule has 112 valence electrons. The van der Waals surface area contributed by atoms with E-state index in [1.807, 2.05) is 20.9 Å². The molecule has 2 amide bonds. The van der Waals surface area contributed by atoms with Crippen molar-refractivity contribution in [2.24, 2.45) is 5.92 Å². The van der Waals surface area contributed by atoms with Gasteiger partial charge in [-0.3, -0.25) is 9.59 Å². The van der Waals surface area contributed by atoms with Gasteiger partial charge in [0.05, 0.1) is 0 Å². The van der Waals surface area contributed by atoms with Crippen LogP contribution in [-0.2, 0) is 9.59 Å². The number of hydrogen-bond donors (Lipinski definition) is 3. The van der Waals surface area contributed by atoms with Crippen molar-refractivity contribution in [2.45, 2.75) is 52.0 Å². The molecule has 0 saturated heterocycles. The van der Waals surface area contributed by atoms with Crippen molar-refractivity contribution in [3.05, 3.63) is 0 Å². The quantitative estimate of drug-likeness (QED) is 0.520. The number of rotatable bonds is 10. The molecule has 0 aromatic carbocycles. The fraction of sp³-hybridized carbons (Fsp3) is 0.857. The second kappa shape index (κ2) is 10.8. The van der Waals surface area contributed by atoms with Crippen molar-refractivity contribution in [1.82, 2.24) is 16.0 Å². The van der Waals surface area contributed by atoms with E-state index in [0.29, 0.717) is 6.42 Å². The summed E-state index contributed by atoms with van der Waals surface area (Å²) in [7, 11) is 3.52. The van der Waals surface area contributed by atoms with Gasteiger partial charge in [-0.2, -0.15) is 0 Å². The van der Waals surface area contributed by atoms with Gasteiger partial charge in [-0.1, -0.05) is 26.7 Å². The van der Waals surface area contributed by atoms with Gasteiger partial charge in [0.1, 0.15) is 6.04 Å². The largest absolute Gasteiger partial charge is 0.357 e. The van der Waals surface area contributed by atoms with Crippen molar-refractivity contribution in [2.75, 3.05) is 20.6 Å². The van der Waals surface area contributed by atoms with Gasteiger partial charge in [-0.05, 0) is 32.4 Å². The fourth-order valence-corrected chi connectivity index (χ4v) is 1.87. The molecule has 3 N–H and O–H groups in total. The second-order valence-corrected chi connectivity index (χ2v) is 4.96. The summed E-state index contributed by atoms with van der Waals surface area (Å²) in [4.78, 5) is 23.5. The van der Waals surface area contributed by atoms with Gasteiger partial charge in [0.25, 0.3) is 0 Å². The molecule has 5 nitrogen and oxygen atoms in total. The lowest BCUT2D eigenvalue weighted by atomic mass is 9.98. The van der Waals surface area contributed by atoms with Crippen LogP contribution in [0, 0.1) is 5.92 Å². The van der Waals surface area contributed by atoms with Gasteiger partial charge >= 0.3 is 0 Å². The summed E-state index contributed by atoms with van der Waals surface area (Å²) in [5, 5.41) is 8.53. The molecule has 0 bridgehead atoms. The van der Waals surface area contributed by atoms with Gasteiger partial charge in [0.15, 0.2) is 0 Å². The van der Waals surface area contributed by atoms with E-state index < -0.39 is 6.04 Å². The minimum atomic E-state index is -0.417. The van der Waals surface area contributed by atoms with E-state index in [4.69, 9.17) is 0 Å². The SMILES string of the molecule is CC[C@H](C)[C@H](NC(=O)CCCCCNC)C(=O)NC. The number of carbonyl (C=O) groups is 2. The third-order valence-electron chi connectivity index (χ3n) is 3.39. The maximum Gasteiger partial charge on any atom is 0.242 e. The van der Waals surface area contributed by atoms with Gasteiger partial charge in [0.2, 0.25) is 11.8 Å². The van der Waals surface area contributed by atoms with E-state index >= 15 is 0 Å². The Kier molecular flexibility index (Phi) is 10.2. The minimum Gasteiger partial charge on any atom is -0.357 e. The van der Waals surface area contributed by atoms with Crippen LogP contribution in [0.3, 0.4) is 0 Å². The average molecular weight is 271 g/mol. The Morgan fingerprint density at radius 3 is 2.32 bits per heavy atom. The first-order chi connectivity index (χ1) is 9.06. The zero-order chi connectivity index (χ0) is 14.7. The van der Waals surface area contributed by atoms with Crippen molar-refractivity contribution in [1.29, 1.82) is 0 Å². The molecule has 0 radical (unpaired) electrons. The van der Waals surface area contributed by atoms with Crippen molar-refractivity contribution in [3.8, 4) is 0 Å². The summed E-state index contributed by atoms with van der Waals surface area (Å²) < 4.78 is 0. The third-order valence-corrected chi connectivity index (χ3v) is 3.39. The molecular formula is C14H29N3O2. The van der Waals surface area contributed by atoms with Crippen LogP contribution in [0.5, 0.6) is 0 Å². The predicted octanol–water partition coefficient (Wildman–Crippen LogP) is 1.04. The Morgan fingerprint density at radius 1 is 1.11 bits per heavy atom. The molecule has 0 fully saturated rings. The van der Waals surface area contributed by atoms with Crippen LogP contribution in [0.15, 0.2) is 0 Å². The predicted molar refractivity (Wildman–Crippen MR) is 77.8 cm³/mol. The van der Waals surface area contributed by atoms with Crippen LogP contribution in [0.2, 0.25) is 0 Å². The summed E-state index contributed by atoms with van der Waals surface area (Å²) in [6, 6.07) is -0.417. The van der Waals surface area contributed by atoms with E-state index in [2.05, 4.69) is 16.0 Å². The van der Waals surface area contributed by atoms with Crippen LogP contribution in [-0.4, -0.2) is 38.5 Å². The van der Waals surface area contributed by atoms with Crippen LogP contribution in [0.4, 0.5) is 0 Å². The number of nitrogens with one attached hydrogen (secondary N) is 3. The summed E-state index contributed by atoms with van der Waals surface area (Å²) in [6.45, 7) is 4.98. The Hall–Kier alpha value is -1.10. The molecule has 0 aromatic rings. The first kappa shape index (κ1) is 17.9. The van der Waals surface area contributed by atoms with Crippen LogP contribution < -0.4 is 16.0 Å². The zero-order valence-electron chi connectivity index (χ0n) is 12.7. The molecule has 0 aromatic heterocycles. The maximum absolute atomic E-state index is 11.8.